The molecule has 2 fully saturated rings. The maximum absolute atomic E-state index is 14.0. The lowest BCUT2D eigenvalue weighted by atomic mass is 9.91. The van der Waals surface area contributed by atoms with Gasteiger partial charge in [-0.25, -0.2) is 4.98 Å². The summed E-state index contributed by atoms with van der Waals surface area (Å²) in [5.41, 5.74) is 12.5. The highest BCUT2D eigenvalue weighted by Crippen LogP contribution is 2.32. The zero-order chi connectivity index (χ0) is 42.9. The first kappa shape index (κ1) is 43.7. The number of hydrogen-bond donors (Lipinski definition) is 7. The first-order valence-electron chi connectivity index (χ1n) is 20.5. The Labute approximate surface area is 355 Å². The summed E-state index contributed by atoms with van der Waals surface area (Å²) in [6.45, 7) is 11.1. The number of nitrogens with two attached hydrogens (primary N) is 1. The number of aryl methyl sites for hydroxylation is 1. The van der Waals surface area contributed by atoms with E-state index in [1.165, 1.54) is 6.08 Å². The molecule has 0 saturated carbocycles. The number of hydrogen-bond acceptors (Lipinski definition) is 13. The van der Waals surface area contributed by atoms with Gasteiger partial charge >= 0.3 is 0 Å². The number of aliphatic hydroxyl groups is 1. The Kier molecular flexibility index (Phi) is 14.5. The van der Waals surface area contributed by atoms with E-state index in [4.69, 9.17) is 21.3 Å². The van der Waals surface area contributed by atoms with Gasteiger partial charge in [-0.2, -0.15) is 0 Å². The Balaban J connectivity index is 0.956. The van der Waals surface area contributed by atoms with Crippen LogP contribution in [0.5, 0.6) is 5.75 Å². The normalized spacial score (nSPS) is 17.3. The number of carbonyl (C=O) groups is 2. The molecule has 60 heavy (non-hydrogen) atoms. The largest absolute Gasteiger partial charge is 0.511 e. The number of phenols is 1. The molecule has 2 aliphatic rings. The van der Waals surface area contributed by atoms with E-state index in [1.54, 1.807) is 46.6 Å². The molecule has 15 nitrogen and oxygen atoms in total. The number of thiazole rings is 1. The van der Waals surface area contributed by atoms with E-state index in [2.05, 4.69) is 30.7 Å². The fourth-order valence-electron chi connectivity index (χ4n) is 7.90. The predicted molar refractivity (Wildman–Crippen MR) is 234 cm³/mol. The molecule has 0 spiro atoms. The van der Waals surface area contributed by atoms with E-state index in [-0.39, 0.29) is 59.3 Å². The zero-order valence-electron chi connectivity index (χ0n) is 34.6. The van der Waals surface area contributed by atoms with Crippen molar-refractivity contribution in [3.8, 4) is 27.4 Å². The first-order chi connectivity index (χ1) is 28.8. The van der Waals surface area contributed by atoms with Crippen molar-refractivity contribution >= 4 is 40.6 Å². The second-order valence-electron chi connectivity index (χ2n) is 15.9. The summed E-state index contributed by atoms with van der Waals surface area (Å²) in [5, 5.41) is 52.7. The molecule has 2 amide bonds. The van der Waals surface area contributed by atoms with Gasteiger partial charge in [0.2, 0.25) is 17.7 Å². The molecule has 0 bridgehead atoms. The van der Waals surface area contributed by atoms with Gasteiger partial charge in [0.15, 0.2) is 5.69 Å². The van der Waals surface area contributed by atoms with Crippen LogP contribution < -0.4 is 16.4 Å². The number of nitrogens with one attached hydrogen (secondary N) is 4. The maximum Gasteiger partial charge on any atom is 0.243 e. The third-order valence-corrected chi connectivity index (χ3v) is 12.3. The summed E-state index contributed by atoms with van der Waals surface area (Å²) in [5.74, 6) is -2.04. The molecule has 2 aromatic heterocycles. The van der Waals surface area contributed by atoms with E-state index >= 15 is 0 Å². The van der Waals surface area contributed by atoms with Crippen LogP contribution >= 0.6 is 11.3 Å². The van der Waals surface area contributed by atoms with Crippen molar-refractivity contribution in [3.05, 3.63) is 88.9 Å². The number of amidine groups is 1. The second kappa shape index (κ2) is 19.9. The lowest BCUT2D eigenvalue weighted by Crippen LogP contribution is -2.49. The fourth-order valence-corrected chi connectivity index (χ4v) is 8.71. The number of phenolic OH excluding ortho intramolecular Hbond substituents is 1. The molecule has 3 atom stereocenters. The quantitative estimate of drug-likeness (QED) is 0.0378. The predicted octanol–water partition coefficient (Wildman–Crippen LogP) is 6.27. The minimum atomic E-state index is -0.929. The van der Waals surface area contributed by atoms with Gasteiger partial charge < -0.3 is 36.2 Å². The number of piperidine rings is 1. The summed E-state index contributed by atoms with van der Waals surface area (Å²) < 4.78 is 5.69. The Morgan fingerprint density at radius 1 is 1.05 bits per heavy atom. The molecule has 2 saturated heterocycles. The van der Waals surface area contributed by atoms with Crippen LogP contribution in [0, 0.1) is 35.5 Å². The highest BCUT2D eigenvalue weighted by atomic mass is 32.1. The summed E-state index contributed by atoms with van der Waals surface area (Å²) in [4.78, 5) is 36.8. The van der Waals surface area contributed by atoms with Crippen LogP contribution in [-0.2, 0) is 14.3 Å². The average molecular weight is 837 g/mol. The van der Waals surface area contributed by atoms with Gasteiger partial charge in [-0.1, -0.05) is 50.2 Å². The van der Waals surface area contributed by atoms with E-state index in [9.17, 15) is 19.8 Å². The summed E-state index contributed by atoms with van der Waals surface area (Å²) in [7, 11) is 0. The van der Waals surface area contributed by atoms with E-state index in [0.29, 0.717) is 55.3 Å². The molecular weight excluding hydrogens is 781 g/mol. The Morgan fingerprint density at radius 3 is 2.45 bits per heavy atom. The topological polar surface area (TPSA) is 227 Å². The minimum absolute atomic E-state index is 0.0865. The van der Waals surface area contributed by atoms with Crippen molar-refractivity contribution in [1.82, 2.24) is 30.3 Å². The standard InChI is InChI=1S/C44H56N10O5S/c1-26(2)39(44(58)54-17-7-9-35(54)43(57)50-27(3)30-11-13-31(14-12-30)41-28(4)49-25-60-41)37(56)23-38(45)59-21-20-53-18-15-29(16-19-53)24-48-34-22-33(51-52-40(34)42(46)47)32-8-5-6-10-36(32)55/h5-6,8,10-14,22-23,25-27,29,35,39,45,55-56H,7,9,15-21,24H2,1-4H3,(H3,46,47)(H,48,51)(H,50,57)/b37-23-,45-38?. The van der Waals surface area contributed by atoms with Crippen LogP contribution in [0.2, 0.25) is 0 Å². The number of aromatic hydroxyl groups is 1. The molecule has 2 aliphatic heterocycles. The van der Waals surface area contributed by atoms with Crippen LogP contribution in [0.25, 0.3) is 21.7 Å². The number of rotatable bonds is 16. The molecule has 4 heterocycles. The lowest BCUT2D eigenvalue weighted by molar-refractivity contribution is -0.142. The summed E-state index contributed by atoms with van der Waals surface area (Å²) >= 11 is 1.59. The number of benzene rings is 2. The number of nitrogen functional groups attached to an aromatic ring is 1. The van der Waals surface area contributed by atoms with Gasteiger partial charge in [-0.3, -0.25) is 25.3 Å². The fraction of sp³-hybridized carbons (Fsp3) is 0.432. The van der Waals surface area contributed by atoms with E-state index in [0.717, 1.165) is 47.6 Å². The molecular formula is C44H56N10O5S. The van der Waals surface area contributed by atoms with Gasteiger partial charge in [0, 0.05) is 31.3 Å². The molecule has 0 aliphatic carbocycles. The number of aliphatic hydroxyl groups excluding tert-OH is 1. The number of amides is 2. The Bertz CT molecular complexity index is 2180. The van der Waals surface area contributed by atoms with Crippen molar-refractivity contribution in [2.45, 2.75) is 65.5 Å². The Morgan fingerprint density at radius 2 is 1.78 bits per heavy atom. The van der Waals surface area contributed by atoms with Gasteiger partial charge in [0.05, 0.1) is 39.4 Å². The lowest BCUT2D eigenvalue weighted by Gasteiger charge is -2.32. The van der Waals surface area contributed by atoms with Gasteiger partial charge in [0.25, 0.3) is 0 Å². The molecule has 2 aromatic carbocycles. The van der Waals surface area contributed by atoms with Crippen LogP contribution in [0.3, 0.4) is 0 Å². The minimum Gasteiger partial charge on any atom is -0.511 e. The number of carbonyl (C=O) groups excluding carboxylic acids is 2. The van der Waals surface area contributed by atoms with Crippen molar-refractivity contribution < 1.29 is 24.5 Å². The van der Waals surface area contributed by atoms with Crippen molar-refractivity contribution in [2.75, 3.05) is 44.6 Å². The highest BCUT2D eigenvalue weighted by Gasteiger charge is 2.40. The molecule has 4 aromatic rings. The number of ether oxygens (including phenoxy) is 1. The van der Waals surface area contributed by atoms with E-state index in [1.807, 2.05) is 57.5 Å². The first-order valence-corrected chi connectivity index (χ1v) is 21.4. The average Bonchev–Trinajstić information content (AvgIpc) is 3.90. The van der Waals surface area contributed by atoms with Crippen molar-refractivity contribution in [1.29, 1.82) is 10.8 Å². The number of nitrogens with zero attached hydrogens (tertiary/aromatic N) is 5. The molecule has 0 radical (unpaired) electrons. The third-order valence-electron chi connectivity index (χ3n) is 11.3. The molecule has 318 valence electrons. The third kappa shape index (κ3) is 10.6. The number of para-hydroxylation sites is 1. The van der Waals surface area contributed by atoms with Crippen LogP contribution in [0.1, 0.15) is 69.4 Å². The van der Waals surface area contributed by atoms with Gasteiger partial charge in [-0.15, -0.1) is 21.5 Å². The number of aromatic nitrogens is 3. The molecule has 8 N–H and O–H groups in total. The number of likely N-dealkylation sites (tertiary alicyclic amines) is 2. The molecule has 16 heteroatoms. The maximum atomic E-state index is 14.0. The second-order valence-corrected chi connectivity index (χ2v) is 16.8. The molecule has 6 rings (SSSR count). The monoisotopic (exact) mass is 836 g/mol. The Hall–Kier alpha value is -5.87. The van der Waals surface area contributed by atoms with Crippen LogP contribution in [0.4, 0.5) is 5.69 Å². The summed E-state index contributed by atoms with van der Waals surface area (Å²) in [6, 6.07) is 15.8. The molecule has 3 unspecified atom stereocenters. The van der Waals surface area contributed by atoms with Crippen molar-refractivity contribution in [2.24, 2.45) is 23.5 Å². The highest BCUT2D eigenvalue weighted by molar-refractivity contribution is 7.13. The summed E-state index contributed by atoms with van der Waals surface area (Å²) in [6.07, 6.45) is 4.24. The van der Waals surface area contributed by atoms with E-state index < -0.39 is 12.0 Å². The van der Waals surface area contributed by atoms with Crippen molar-refractivity contribution in [3.63, 3.8) is 0 Å². The zero-order valence-corrected chi connectivity index (χ0v) is 35.5. The van der Waals surface area contributed by atoms with Gasteiger partial charge in [-0.05, 0) is 93.8 Å². The van der Waals surface area contributed by atoms with Gasteiger partial charge in [0.1, 0.15) is 30.0 Å². The van der Waals surface area contributed by atoms with Crippen LogP contribution in [0.15, 0.2) is 71.9 Å². The number of anilines is 1. The van der Waals surface area contributed by atoms with Crippen LogP contribution in [-0.4, -0.2) is 104 Å². The smallest absolute Gasteiger partial charge is 0.243 e. The SMILES string of the molecule is Cc1ncsc1-c1ccc(C(C)NC(=O)C2CCCN2C(=O)C(/C(O)=C/C(=N)OCCN2CCC(CNc3cc(-c4ccccc4O)nnc3C(=N)N)CC2)C(C)C)cc1.